The maximum atomic E-state index is 13.6. The minimum atomic E-state index is -4.60. The van der Waals surface area contributed by atoms with E-state index in [1.165, 1.54) is 24.5 Å². The van der Waals surface area contributed by atoms with Gasteiger partial charge in [0, 0.05) is 24.4 Å². The van der Waals surface area contributed by atoms with E-state index in [0.29, 0.717) is 11.1 Å². The third-order valence-electron chi connectivity index (χ3n) is 3.35. The van der Waals surface area contributed by atoms with Crippen LogP contribution in [-0.2, 0) is 10.4 Å². The van der Waals surface area contributed by atoms with Crippen molar-refractivity contribution in [2.24, 2.45) is 5.16 Å². The molecular formula is C15H15F3N2O. The Kier molecular flexibility index (Phi) is 3.89. The zero-order chi connectivity index (χ0) is 15.7. The number of aromatic nitrogens is 1. The van der Waals surface area contributed by atoms with Gasteiger partial charge in [0.1, 0.15) is 0 Å². The van der Waals surface area contributed by atoms with Crippen LogP contribution in [0.2, 0.25) is 0 Å². The van der Waals surface area contributed by atoms with Gasteiger partial charge < -0.3 is 4.84 Å². The fraction of sp³-hybridized carbons (Fsp3) is 0.333. The molecule has 0 bridgehead atoms. The highest BCUT2D eigenvalue weighted by Crippen LogP contribution is 2.48. The molecule has 0 amide bonds. The Hall–Kier alpha value is -2.11. The fourth-order valence-electron chi connectivity index (χ4n) is 2.16. The molecule has 0 radical (unpaired) electrons. The molecule has 0 aromatic carbocycles. The van der Waals surface area contributed by atoms with Crippen LogP contribution >= 0.6 is 0 Å². The maximum Gasteiger partial charge on any atom is 0.435 e. The predicted molar refractivity (Wildman–Crippen MR) is 73.8 cm³/mol. The molecule has 0 saturated carbocycles. The highest BCUT2D eigenvalue weighted by atomic mass is 19.4. The largest absolute Gasteiger partial charge is 0.435 e. The Bertz CT molecular complexity index is 620. The molecule has 21 heavy (non-hydrogen) atoms. The number of oxime groups is 1. The Morgan fingerprint density at radius 3 is 2.71 bits per heavy atom. The number of aryl methyl sites for hydroxylation is 1. The van der Waals surface area contributed by atoms with Crippen LogP contribution in [0.15, 0.2) is 47.9 Å². The van der Waals surface area contributed by atoms with E-state index in [1.54, 1.807) is 19.9 Å². The molecule has 0 spiro atoms. The lowest BCUT2D eigenvalue weighted by Gasteiger charge is -2.29. The Labute approximate surface area is 120 Å². The maximum absolute atomic E-state index is 13.6. The standard InChI is InChI=1S/C15H15F3N2O/c1-4-5-11(3)13-7-14(21-20-13,15(16,17)18)12-6-10(2)8-19-9-12/h4-6,8-9H,1,7H2,2-3H3. The second kappa shape index (κ2) is 5.35. The number of alkyl halides is 3. The highest BCUT2D eigenvalue weighted by molar-refractivity contribution is 6.01. The average molecular weight is 296 g/mol. The lowest BCUT2D eigenvalue weighted by atomic mass is 9.87. The van der Waals surface area contributed by atoms with Crippen LogP contribution in [0.3, 0.4) is 0 Å². The van der Waals surface area contributed by atoms with Crippen molar-refractivity contribution in [1.82, 2.24) is 4.98 Å². The molecule has 2 heterocycles. The van der Waals surface area contributed by atoms with Crippen molar-refractivity contribution in [2.75, 3.05) is 0 Å². The van der Waals surface area contributed by atoms with Gasteiger partial charge in [0.25, 0.3) is 5.60 Å². The summed E-state index contributed by atoms with van der Waals surface area (Å²) >= 11 is 0. The molecular weight excluding hydrogens is 281 g/mol. The minimum Gasteiger partial charge on any atom is -0.374 e. The summed E-state index contributed by atoms with van der Waals surface area (Å²) in [6.45, 7) is 6.87. The molecule has 1 aliphatic rings. The number of pyridine rings is 1. The average Bonchev–Trinajstić information content (AvgIpc) is 2.85. The van der Waals surface area contributed by atoms with Crippen LogP contribution in [0.25, 0.3) is 0 Å². The van der Waals surface area contributed by atoms with Crippen LogP contribution in [0.1, 0.15) is 24.5 Å². The second-order valence-corrected chi connectivity index (χ2v) is 4.97. The molecule has 2 rings (SSSR count). The van der Waals surface area contributed by atoms with Gasteiger partial charge in [-0.05, 0) is 31.1 Å². The summed E-state index contributed by atoms with van der Waals surface area (Å²) in [5, 5.41) is 3.63. The van der Waals surface area contributed by atoms with Gasteiger partial charge in [-0.2, -0.15) is 13.2 Å². The second-order valence-electron chi connectivity index (χ2n) is 4.97. The molecule has 0 aliphatic carbocycles. The summed E-state index contributed by atoms with van der Waals surface area (Å²) in [6.07, 6.45) is 0.793. The Morgan fingerprint density at radius 1 is 1.43 bits per heavy atom. The lowest BCUT2D eigenvalue weighted by molar-refractivity contribution is -0.276. The first-order chi connectivity index (χ1) is 9.80. The number of hydrogen-bond donors (Lipinski definition) is 0. The van der Waals surface area contributed by atoms with E-state index in [1.807, 2.05) is 0 Å². The normalized spacial score (nSPS) is 22.7. The van der Waals surface area contributed by atoms with Gasteiger partial charge in [-0.1, -0.05) is 23.9 Å². The van der Waals surface area contributed by atoms with Gasteiger partial charge in [0.2, 0.25) is 0 Å². The molecule has 0 fully saturated rings. The van der Waals surface area contributed by atoms with Gasteiger partial charge in [-0.15, -0.1) is 0 Å². The molecule has 1 atom stereocenters. The number of halogens is 3. The van der Waals surface area contributed by atoms with Crippen molar-refractivity contribution in [1.29, 1.82) is 0 Å². The summed E-state index contributed by atoms with van der Waals surface area (Å²) < 4.78 is 40.8. The van der Waals surface area contributed by atoms with Crippen LogP contribution in [-0.4, -0.2) is 16.9 Å². The first-order valence-electron chi connectivity index (χ1n) is 6.34. The van der Waals surface area contributed by atoms with Crippen LogP contribution in [0, 0.1) is 6.92 Å². The number of rotatable bonds is 3. The SMILES string of the molecule is C=CC=C(C)C1=NOC(c2cncc(C)c2)(C(F)(F)F)C1. The third-order valence-corrected chi connectivity index (χ3v) is 3.35. The van der Waals surface area contributed by atoms with Gasteiger partial charge in [0.05, 0.1) is 5.71 Å². The van der Waals surface area contributed by atoms with E-state index in [9.17, 15) is 13.2 Å². The van der Waals surface area contributed by atoms with E-state index in [4.69, 9.17) is 4.84 Å². The van der Waals surface area contributed by atoms with E-state index < -0.39 is 11.8 Å². The van der Waals surface area contributed by atoms with Crippen molar-refractivity contribution in [3.8, 4) is 0 Å². The molecule has 1 aliphatic heterocycles. The highest BCUT2D eigenvalue weighted by Gasteiger charge is 2.62. The summed E-state index contributed by atoms with van der Waals surface area (Å²) in [4.78, 5) is 8.71. The van der Waals surface area contributed by atoms with Gasteiger partial charge in [-0.25, -0.2) is 0 Å². The predicted octanol–water partition coefficient (Wildman–Crippen LogP) is 4.06. The van der Waals surface area contributed by atoms with Crippen LogP contribution in [0.4, 0.5) is 13.2 Å². The lowest BCUT2D eigenvalue weighted by Crippen LogP contribution is -2.42. The first-order valence-corrected chi connectivity index (χ1v) is 6.34. The molecule has 0 saturated heterocycles. The first kappa shape index (κ1) is 15.3. The zero-order valence-electron chi connectivity index (χ0n) is 11.7. The number of nitrogens with zero attached hydrogens (tertiary/aromatic N) is 2. The zero-order valence-corrected chi connectivity index (χ0v) is 11.7. The number of hydrogen-bond acceptors (Lipinski definition) is 3. The topological polar surface area (TPSA) is 34.5 Å². The minimum absolute atomic E-state index is 0.0415. The summed E-state index contributed by atoms with van der Waals surface area (Å²) in [5.41, 5.74) is -1.03. The van der Waals surface area contributed by atoms with Crippen molar-refractivity contribution in [2.45, 2.75) is 32.0 Å². The molecule has 6 heteroatoms. The quantitative estimate of drug-likeness (QED) is 0.788. The third kappa shape index (κ3) is 2.70. The van der Waals surface area contributed by atoms with Crippen LogP contribution in [0.5, 0.6) is 0 Å². The van der Waals surface area contributed by atoms with Gasteiger partial charge in [0.15, 0.2) is 0 Å². The Morgan fingerprint density at radius 2 is 2.14 bits per heavy atom. The van der Waals surface area contributed by atoms with Crippen molar-refractivity contribution >= 4 is 5.71 Å². The fourth-order valence-corrected chi connectivity index (χ4v) is 2.16. The monoisotopic (exact) mass is 296 g/mol. The van der Waals surface area contributed by atoms with Crippen molar-refractivity contribution < 1.29 is 18.0 Å². The summed E-state index contributed by atoms with van der Waals surface area (Å²) in [5.74, 6) is 0. The molecule has 1 aromatic heterocycles. The number of allylic oxidation sites excluding steroid dienone is 3. The molecule has 0 N–H and O–H groups in total. The summed E-state index contributed by atoms with van der Waals surface area (Å²) in [6, 6.07) is 1.42. The smallest absolute Gasteiger partial charge is 0.374 e. The van der Waals surface area contributed by atoms with Gasteiger partial charge >= 0.3 is 6.18 Å². The van der Waals surface area contributed by atoms with E-state index in [0.717, 1.165) is 0 Å². The van der Waals surface area contributed by atoms with Crippen molar-refractivity contribution in [3.63, 3.8) is 0 Å². The van der Waals surface area contributed by atoms with E-state index in [2.05, 4.69) is 16.7 Å². The molecule has 1 unspecified atom stereocenters. The van der Waals surface area contributed by atoms with Gasteiger partial charge in [-0.3, -0.25) is 4.98 Å². The molecule has 112 valence electrons. The Balaban J connectivity index is 2.45. The van der Waals surface area contributed by atoms with Crippen LogP contribution < -0.4 is 0 Å². The summed E-state index contributed by atoms with van der Waals surface area (Å²) in [7, 11) is 0. The van der Waals surface area contributed by atoms with E-state index >= 15 is 0 Å². The molecule has 1 aromatic rings. The van der Waals surface area contributed by atoms with Crippen molar-refractivity contribution in [3.05, 3.63) is 53.9 Å². The molecule has 3 nitrogen and oxygen atoms in total. The van der Waals surface area contributed by atoms with E-state index in [-0.39, 0.29) is 17.7 Å².